The van der Waals surface area contributed by atoms with Crippen LogP contribution >= 0.6 is 11.6 Å². The summed E-state index contributed by atoms with van der Waals surface area (Å²) in [7, 11) is 1.71. The second-order valence-electron chi connectivity index (χ2n) is 11.1. The van der Waals surface area contributed by atoms with Crippen molar-refractivity contribution in [3.63, 3.8) is 0 Å². The Morgan fingerprint density at radius 2 is 1.59 bits per heavy atom. The van der Waals surface area contributed by atoms with Gasteiger partial charge < -0.3 is 18.6 Å². The molecular formula is C38H47ClOTi. The van der Waals surface area contributed by atoms with Crippen LogP contribution in [-0.2, 0) is 28.1 Å². The Balaban J connectivity index is 0.000000369. The predicted molar refractivity (Wildman–Crippen MR) is 176 cm³/mol. The van der Waals surface area contributed by atoms with Crippen molar-refractivity contribution in [3.8, 4) is 28.0 Å². The summed E-state index contributed by atoms with van der Waals surface area (Å²) in [5.41, 5.74) is 10.2. The van der Waals surface area contributed by atoms with Crippen LogP contribution in [0.25, 0.3) is 22.3 Å². The molecule has 0 radical (unpaired) electrons. The number of hydrogen-bond donors (Lipinski definition) is 0. The van der Waals surface area contributed by atoms with Gasteiger partial charge in [0.15, 0.2) is 0 Å². The first-order valence-corrected chi connectivity index (χ1v) is 14.8. The summed E-state index contributed by atoms with van der Waals surface area (Å²) in [5, 5.41) is 0.774. The van der Waals surface area contributed by atoms with Crippen molar-refractivity contribution in [3.05, 3.63) is 114 Å². The van der Waals surface area contributed by atoms with E-state index >= 15 is 0 Å². The van der Waals surface area contributed by atoms with E-state index < -0.39 is 0 Å². The summed E-state index contributed by atoms with van der Waals surface area (Å²) in [6, 6.07) is 21.8. The number of rotatable bonds is 4. The first kappa shape index (κ1) is 37.0. The monoisotopic (exact) mass is 602 g/mol. The minimum atomic E-state index is 0. The molecular weight excluding hydrogens is 556 g/mol. The third-order valence-electron chi connectivity index (χ3n) is 6.66. The molecule has 41 heavy (non-hydrogen) atoms. The van der Waals surface area contributed by atoms with E-state index in [9.17, 15) is 0 Å². The van der Waals surface area contributed by atoms with E-state index in [1.54, 1.807) is 7.11 Å². The van der Waals surface area contributed by atoms with Crippen molar-refractivity contribution in [2.75, 3.05) is 7.11 Å². The summed E-state index contributed by atoms with van der Waals surface area (Å²) in [4.78, 5) is 0. The zero-order valence-electron chi connectivity index (χ0n) is 26.2. The number of methoxy groups -OCH3 is 1. The van der Waals surface area contributed by atoms with Gasteiger partial charge in [-0.2, -0.15) is 18.4 Å². The van der Waals surface area contributed by atoms with Crippen LogP contribution < -0.4 is 4.74 Å². The molecule has 2 aliphatic carbocycles. The first-order chi connectivity index (χ1) is 19.1. The maximum atomic E-state index is 6.16. The van der Waals surface area contributed by atoms with Crippen molar-refractivity contribution in [2.24, 2.45) is 5.41 Å². The van der Waals surface area contributed by atoms with Gasteiger partial charge in [-0.15, -0.1) is 23.3 Å². The Hall–Kier alpha value is -2.06. The molecule has 2 aliphatic rings. The Kier molecular flexibility index (Phi) is 16.7. The maximum absolute atomic E-state index is 6.16. The van der Waals surface area contributed by atoms with Crippen molar-refractivity contribution < 1.29 is 26.5 Å². The largest absolute Gasteiger partial charge is 4.00 e. The number of allylic oxidation sites excluding steroid dienone is 4. The van der Waals surface area contributed by atoms with E-state index in [1.807, 2.05) is 24.3 Å². The standard InChI is InChI=1S/C20H14ClO.C10H15.2C4H9.Ti/c1-22-19-10-9-16(13-5-3-2-4-6-13)18-12-14-11-15(21)7-8-17(14)20(18)19;1-8-5-6-9(7-8)10(2,3)4;2*1-3-4-2;/h2-8,10-11H,12H2,1H3;6H,5H2,1-4H3;2*1,3-4H2,2H3;/q4*-1;+4. The summed E-state index contributed by atoms with van der Waals surface area (Å²) in [6.45, 7) is 20.3. The van der Waals surface area contributed by atoms with Crippen molar-refractivity contribution in [1.82, 2.24) is 0 Å². The number of unbranched alkanes of at least 4 members (excludes halogenated alkanes) is 2. The number of fused-ring (bicyclic) bond motifs is 3. The van der Waals surface area contributed by atoms with E-state index in [0.717, 1.165) is 42.0 Å². The molecule has 216 valence electrons. The third-order valence-corrected chi connectivity index (χ3v) is 6.89. The normalized spacial score (nSPS) is 12.4. The molecule has 0 saturated carbocycles. The Morgan fingerprint density at radius 3 is 2.05 bits per heavy atom. The molecule has 3 heteroatoms. The second kappa shape index (κ2) is 18.5. The molecule has 0 unspecified atom stereocenters. The minimum Gasteiger partial charge on any atom is -0.539 e. The van der Waals surface area contributed by atoms with Crippen molar-refractivity contribution >= 4 is 11.6 Å². The maximum Gasteiger partial charge on any atom is 4.00 e. The van der Waals surface area contributed by atoms with Gasteiger partial charge in [0.1, 0.15) is 0 Å². The average molecular weight is 603 g/mol. The molecule has 0 aliphatic heterocycles. The van der Waals surface area contributed by atoms with Crippen LogP contribution in [0.15, 0.2) is 71.8 Å². The van der Waals surface area contributed by atoms with Crippen molar-refractivity contribution in [1.29, 1.82) is 0 Å². The third kappa shape index (κ3) is 10.9. The zero-order valence-corrected chi connectivity index (χ0v) is 28.5. The SMILES string of the molecule is CC1=[C-]C(C(C)(C)C)=CC1.COc1c[c-]c(-c2ccccc2)c2c1-c1ccc(Cl)cc1C2.[CH2-]CCC.[CH2-]CCC.[Ti+4]. The van der Waals surface area contributed by atoms with Crippen molar-refractivity contribution in [2.45, 2.75) is 80.1 Å². The van der Waals surface area contributed by atoms with E-state index in [0.29, 0.717) is 0 Å². The van der Waals surface area contributed by atoms with E-state index in [-0.39, 0.29) is 27.1 Å². The van der Waals surface area contributed by atoms with Gasteiger partial charge in [0, 0.05) is 10.8 Å². The molecule has 3 aromatic carbocycles. The van der Waals surface area contributed by atoms with Gasteiger partial charge in [0.2, 0.25) is 0 Å². The van der Waals surface area contributed by atoms with Crippen LogP contribution in [0, 0.1) is 31.4 Å². The molecule has 0 amide bonds. The van der Waals surface area contributed by atoms with Gasteiger partial charge in [0.05, 0.1) is 7.11 Å². The first-order valence-electron chi connectivity index (χ1n) is 14.4. The number of hydrogen-bond acceptors (Lipinski definition) is 1. The van der Waals surface area contributed by atoms with Crippen LogP contribution in [0.1, 0.15) is 84.8 Å². The Bertz CT molecular complexity index is 1260. The molecule has 0 heterocycles. The van der Waals surface area contributed by atoms with Crippen LogP contribution in [0.2, 0.25) is 5.02 Å². The van der Waals surface area contributed by atoms with E-state index in [4.69, 9.17) is 16.3 Å². The Morgan fingerprint density at radius 1 is 0.976 bits per heavy atom. The van der Waals surface area contributed by atoms with Gasteiger partial charge >= 0.3 is 21.7 Å². The Labute approximate surface area is 271 Å². The molecule has 0 bridgehead atoms. The molecule has 5 rings (SSSR count). The van der Waals surface area contributed by atoms with Gasteiger partial charge in [-0.25, -0.2) is 17.7 Å². The molecule has 0 fully saturated rings. The smallest absolute Gasteiger partial charge is 0.539 e. The summed E-state index contributed by atoms with van der Waals surface area (Å²) in [5.74, 6) is 0.871. The molecule has 0 spiro atoms. The molecule has 1 nitrogen and oxygen atoms in total. The number of ether oxygens (including phenoxy) is 1. The van der Waals surface area contributed by atoms with Crippen LogP contribution in [0.4, 0.5) is 0 Å². The quantitative estimate of drug-likeness (QED) is 0.167. The second-order valence-corrected chi connectivity index (χ2v) is 11.6. The molecule has 0 atom stereocenters. The summed E-state index contributed by atoms with van der Waals surface area (Å²) < 4.78 is 5.57. The van der Waals surface area contributed by atoms with Crippen LogP contribution in [0.5, 0.6) is 5.75 Å². The molecule has 0 N–H and O–H groups in total. The average Bonchev–Trinajstić information content (AvgIpc) is 3.57. The number of benzene rings is 3. The summed E-state index contributed by atoms with van der Waals surface area (Å²) >= 11 is 6.16. The van der Waals surface area contributed by atoms with E-state index in [2.05, 4.69) is 104 Å². The molecule has 3 aromatic rings. The summed E-state index contributed by atoms with van der Waals surface area (Å²) in [6.07, 6.45) is 12.2. The fraction of sp³-hybridized carbons (Fsp3) is 0.368. The van der Waals surface area contributed by atoms with Gasteiger partial charge in [-0.05, 0) is 35.1 Å². The van der Waals surface area contributed by atoms with Gasteiger partial charge in [-0.3, -0.25) is 0 Å². The van der Waals surface area contributed by atoms with Gasteiger partial charge in [0.25, 0.3) is 0 Å². The predicted octanol–water partition coefficient (Wildman–Crippen LogP) is 11.7. The fourth-order valence-electron chi connectivity index (χ4n) is 4.29. The number of halogens is 1. The topological polar surface area (TPSA) is 9.23 Å². The van der Waals surface area contributed by atoms with Crippen LogP contribution in [-0.4, -0.2) is 7.11 Å². The zero-order chi connectivity index (χ0) is 29.7. The van der Waals surface area contributed by atoms with Crippen LogP contribution in [0.3, 0.4) is 0 Å². The van der Waals surface area contributed by atoms with E-state index in [1.165, 1.54) is 51.8 Å². The van der Waals surface area contributed by atoms with Gasteiger partial charge in [-0.1, -0.05) is 120 Å². The minimum absolute atomic E-state index is 0. The fourth-order valence-corrected chi connectivity index (χ4v) is 4.48. The molecule has 0 aromatic heterocycles. The molecule has 0 saturated heterocycles.